The predicted octanol–water partition coefficient (Wildman–Crippen LogP) is 4.04. The van der Waals surface area contributed by atoms with E-state index >= 15 is 0 Å². The first-order valence-electron chi connectivity index (χ1n) is 7.48. The minimum absolute atomic E-state index is 0.000879. The zero-order chi connectivity index (χ0) is 15.6. The van der Waals surface area contributed by atoms with Crippen LogP contribution in [0.25, 0.3) is 0 Å². The van der Waals surface area contributed by atoms with Gasteiger partial charge in [0.1, 0.15) is 0 Å². The zero-order valence-electron chi connectivity index (χ0n) is 12.9. The Labute approximate surface area is 124 Å². The molecule has 0 bridgehead atoms. The van der Waals surface area contributed by atoms with Crippen molar-refractivity contribution in [2.45, 2.75) is 52.9 Å². The molecular weight excluding hydrogens is 268 g/mol. The lowest BCUT2D eigenvalue weighted by atomic mass is 9.88. The maximum absolute atomic E-state index is 12.4. The van der Waals surface area contributed by atoms with Gasteiger partial charge in [0.25, 0.3) is 5.69 Å². The van der Waals surface area contributed by atoms with Crippen molar-refractivity contribution in [1.29, 1.82) is 0 Å². The van der Waals surface area contributed by atoms with Crippen molar-refractivity contribution in [3.63, 3.8) is 0 Å². The van der Waals surface area contributed by atoms with Gasteiger partial charge >= 0.3 is 0 Å². The van der Waals surface area contributed by atoms with Crippen LogP contribution in [0.4, 0.5) is 11.4 Å². The molecule has 1 saturated carbocycles. The molecule has 0 heterocycles. The lowest BCUT2D eigenvalue weighted by Gasteiger charge is -2.22. The number of amides is 1. The Hall–Kier alpha value is -1.91. The van der Waals surface area contributed by atoms with Crippen LogP contribution >= 0.6 is 0 Å². The van der Waals surface area contributed by atoms with Gasteiger partial charge < -0.3 is 5.32 Å². The number of rotatable bonds is 3. The molecule has 1 N–H and O–H groups in total. The van der Waals surface area contributed by atoms with Crippen molar-refractivity contribution < 1.29 is 9.72 Å². The standard InChI is InChI=1S/C16H22N2O3/c1-10-9-11(2)15(18(20)21)12(3)14(10)17-16(19)13-7-5-4-6-8-13/h9,13H,4-8H2,1-3H3,(H,17,19). The van der Waals surface area contributed by atoms with E-state index in [0.29, 0.717) is 16.8 Å². The lowest BCUT2D eigenvalue weighted by Crippen LogP contribution is -2.25. The largest absolute Gasteiger partial charge is 0.325 e. The third-order valence-electron chi connectivity index (χ3n) is 4.34. The lowest BCUT2D eigenvalue weighted by molar-refractivity contribution is -0.386. The summed E-state index contributed by atoms with van der Waals surface area (Å²) in [4.78, 5) is 23.2. The Balaban J connectivity index is 2.29. The minimum Gasteiger partial charge on any atom is -0.325 e. The molecule has 1 aromatic carbocycles. The number of nitrogens with zero attached hydrogens (tertiary/aromatic N) is 1. The van der Waals surface area contributed by atoms with Crippen molar-refractivity contribution in [2.75, 3.05) is 5.32 Å². The van der Waals surface area contributed by atoms with Crippen molar-refractivity contribution >= 4 is 17.3 Å². The predicted molar refractivity (Wildman–Crippen MR) is 82.5 cm³/mol. The third-order valence-corrected chi connectivity index (χ3v) is 4.34. The van der Waals surface area contributed by atoms with Crippen LogP contribution in [-0.4, -0.2) is 10.8 Å². The van der Waals surface area contributed by atoms with Crippen LogP contribution < -0.4 is 5.32 Å². The number of nitrogens with one attached hydrogen (secondary N) is 1. The van der Waals surface area contributed by atoms with E-state index in [-0.39, 0.29) is 22.4 Å². The van der Waals surface area contributed by atoms with Gasteiger partial charge in [0.05, 0.1) is 16.2 Å². The molecule has 1 fully saturated rings. The van der Waals surface area contributed by atoms with Crippen LogP contribution in [0.1, 0.15) is 48.8 Å². The molecule has 0 spiro atoms. The zero-order valence-corrected chi connectivity index (χ0v) is 12.9. The van der Waals surface area contributed by atoms with Gasteiger partial charge in [0.15, 0.2) is 0 Å². The summed E-state index contributed by atoms with van der Waals surface area (Å²) in [5.74, 6) is 0.0389. The third kappa shape index (κ3) is 3.23. The highest BCUT2D eigenvalue weighted by Gasteiger charge is 2.25. The molecule has 5 nitrogen and oxygen atoms in total. The molecule has 0 atom stereocenters. The molecule has 1 amide bonds. The van der Waals surface area contributed by atoms with Crippen LogP contribution in [0.2, 0.25) is 0 Å². The molecule has 1 aliphatic rings. The monoisotopic (exact) mass is 290 g/mol. The summed E-state index contributed by atoms with van der Waals surface area (Å²) in [6.45, 7) is 5.31. The fourth-order valence-corrected chi connectivity index (χ4v) is 3.24. The molecule has 0 radical (unpaired) electrons. The van der Waals surface area contributed by atoms with E-state index in [1.165, 1.54) is 6.42 Å². The number of benzene rings is 1. The van der Waals surface area contributed by atoms with E-state index in [4.69, 9.17) is 0 Å². The second kappa shape index (κ2) is 6.24. The van der Waals surface area contributed by atoms with Crippen LogP contribution in [0.5, 0.6) is 0 Å². The fourth-order valence-electron chi connectivity index (χ4n) is 3.24. The van der Waals surface area contributed by atoms with Gasteiger partial charge in [-0.3, -0.25) is 14.9 Å². The number of hydrogen-bond acceptors (Lipinski definition) is 3. The number of hydrogen-bond donors (Lipinski definition) is 1. The molecule has 1 aliphatic carbocycles. The Morgan fingerprint density at radius 3 is 2.38 bits per heavy atom. The second-order valence-electron chi connectivity index (χ2n) is 5.94. The fraction of sp³-hybridized carbons (Fsp3) is 0.562. The molecule has 0 aliphatic heterocycles. The average molecular weight is 290 g/mol. The number of aryl methyl sites for hydroxylation is 2. The molecular formula is C16H22N2O3. The number of carbonyl (C=O) groups excluding carboxylic acids is 1. The maximum atomic E-state index is 12.4. The minimum atomic E-state index is -0.375. The first kappa shape index (κ1) is 15.5. The van der Waals surface area contributed by atoms with Crippen LogP contribution in [-0.2, 0) is 4.79 Å². The Morgan fingerprint density at radius 1 is 1.19 bits per heavy atom. The van der Waals surface area contributed by atoms with Gasteiger partial charge in [-0.2, -0.15) is 0 Å². The summed E-state index contributed by atoms with van der Waals surface area (Å²) in [5, 5.41) is 14.1. The van der Waals surface area contributed by atoms with E-state index in [1.807, 2.05) is 6.92 Å². The summed E-state index contributed by atoms with van der Waals surface area (Å²) in [7, 11) is 0. The SMILES string of the molecule is Cc1cc(C)c([N+](=O)[O-])c(C)c1NC(=O)C1CCCCC1. The highest BCUT2D eigenvalue weighted by molar-refractivity contribution is 5.94. The van der Waals surface area contributed by atoms with E-state index in [1.54, 1.807) is 19.9 Å². The molecule has 0 unspecified atom stereocenters. The Bertz CT molecular complexity index is 575. The van der Waals surface area contributed by atoms with Gasteiger partial charge in [0, 0.05) is 11.5 Å². The topological polar surface area (TPSA) is 72.2 Å². The number of nitro benzene ring substituents is 1. The highest BCUT2D eigenvalue weighted by Crippen LogP contribution is 2.33. The molecule has 0 aromatic heterocycles. The molecule has 21 heavy (non-hydrogen) atoms. The molecule has 1 aromatic rings. The second-order valence-corrected chi connectivity index (χ2v) is 5.94. The highest BCUT2D eigenvalue weighted by atomic mass is 16.6. The summed E-state index contributed by atoms with van der Waals surface area (Å²) in [6.07, 6.45) is 5.20. The number of carbonyl (C=O) groups is 1. The molecule has 5 heteroatoms. The van der Waals surface area contributed by atoms with Gasteiger partial charge in [-0.05, 0) is 45.2 Å². The van der Waals surface area contributed by atoms with Crippen molar-refractivity contribution in [3.05, 3.63) is 32.9 Å². The average Bonchev–Trinajstić information content (AvgIpc) is 2.43. The Morgan fingerprint density at radius 2 is 1.81 bits per heavy atom. The first-order chi connectivity index (χ1) is 9.91. The van der Waals surface area contributed by atoms with Gasteiger partial charge in [0.2, 0.25) is 5.91 Å². The van der Waals surface area contributed by atoms with E-state index in [2.05, 4.69) is 5.32 Å². The van der Waals surface area contributed by atoms with Gasteiger partial charge in [-0.15, -0.1) is 0 Å². The van der Waals surface area contributed by atoms with Gasteiger partial charge in [-0.1, -0.05) is 19.3 Å². The van der Waals surface area contributed by atoms with Crippen molar-refractivity contribution in [1.82, 2.24) is 0 Å². The summed E-state index contributed by atoms with van der Waals surface area (Å²) < 4.78 is 0. The van der Waals surface area contributed by atoms with Crippen molar-refractivity contribution in [3.8, 4) is 0 Å². The quantitative estimate of drug-likeness (QED) is 0.674. The molecule has 114 valence electrons. The number of nitro groups is 1. The normalized spacial score (nSPS) is 15.8. The van der Waals surface area contributed by atoms with Crippen LogP contribution in [0.3, 0.4) is 0 Å². The van der Waals surface area contributed by atoms with Crippen LogP contribution in [0.15, 0.2) is 6.07 Å². The smallest absolute Gasteiger partial charge is 0.277 e. The maximum Gasteiger partial charge on any atom is 0.277 e. The number of anilines is 1. The van der Waals surface area contributed by atoms with Crippen molar-refractivity contribution in [2.24, 2.45) is 5.92 Å². The summed E-state index contributed by atoms with van der Waals surface area (Å²) in [5.41, 5.74) is 2.74. The van der Waals surface area contributed by atoms with Gasteiger partial charge in [-0.25, -0.2) is 0 Å². The van der Waals surface area contributed by atoms with E-state index in [0.717, 1.165) is 31.2 Å². The molecule has 2 rings (SSSR count). The molecule has 0 saturated heterocycles. The van der Waals surface area contributed by atoms with E-state index in [9.17, 15) is 14.9 Å². The Kier molecular flexibility index (Phi) is 4.60. The summed E-state index contributed by atoms with van der Waals surface area (Å²) >= 11 is 0. The first-order valence-corrected chi connectivity index (χ1v) is 7.48. The van der Waals surface area contributed by atoms with Crippen LogP contribution in [0, 0.1) is 36.8 Å². The van der Waals surface area contributed by atoms with E-state index < -0.39 is 0 Å². The summed E-state index contributed by atoms with van der Waals surface area (Å²) in [6, 6.07) is 1.77.